The van der Waals surface area contributed by atoms with E-state index in [0.717, 1.165) is 12.8 Å². The molecule has 0 saturated carbocycles. The maximum absolute atomic E-state index is 11.8. The molecule has 0 fully saturated rings. The fraction of sp³-hybridized carbons (Fsp3) is 1.00. The van der Waals surface area contributed by atoms with Gasteiger partial charge >= 0.3 is 0 Å². The van der Waals surface area contributed by atoms with Crippen LogP contribution in [0.2, 0.25) is 0 Å². The molecule has 0 saturated heterocycles. The fourth-order valence-corrected chi connectivity index (χ4v) is 1.57. The van der Waals surface area contributed by atoms with Crippen molar-refractivity contribution in [3.8, 4) is 0 Å². The van der Waals surface area contributed by atoms with Crippen molar-refractivity contribution < 1.29 is 13.5 Å². The number of nitrogens with two attached hydrogens (primary N) is 1. The van der Waals surface area contributed by atoms with Crippen LogP contribution in [-0.2, 0) is 4.74 Å². The van der Waals surface area contributed by atoms with E-state index in [4.69, 9.17) is 10.6 Å². The highest BCUT2D eigenvalue weighted by Crippen LogP contribution is 2.13. The molecule has 0 aliphatic heterocycles. The Bertz CT molecular complexity index is 147. The normalized spacial score (nSPS) is 15.6. The lowest BCUT2D eigenvalue weighted by molar-refractivity contribution is 0.0128. The zero-order valence-electron chi connectivity index (χ0n) is 9.51. The Balaban J connectivity index is 3.60. The first-order valence-corrected chi connectivity index (χ1v) is 5.43. The van der Waals surface area contributed by atoms with Crippen molar-refractivity contribution in [3.63, 3.8) is 0 Å². The quantitative estimate of drug-likeness (QED) is 0.357. The zero-order valence-corrected chi connectivity index (χ0v) is 9.51. The molecule has 0 amide bonds. The lowest BCUT2D eigenvalue weighted by Crippen LogP contribution is -2.40. The van der Waals surface area contributed by atoms with E-state index in [1.165, 1.54) is 0 Å². The number of hydrogen-bond acceptors (Lipinski definition) is 3. The predicted molar refractivity (Wildman–Crippen MR) is 56.6 cm³/mol. The molecule has 0 heterocycles. The first kappa shape index (κ1) is 14.7. The van der Waals surface area contributed by atoms with Gasteiger partial charge in [0.05, 0.1) is 0 Å². The van der Waals surface area contributed by atoms with Crippen LogP contribution < -0.4 is 11.3 Å². The molecule has 15 heavy (non-hydrogen) atoms. The Morgan fingerprint density at radius 2 is 2.00 bits per heavy atom. The molecule has 0 spiro atoms. The Labute approximate surface area is 90.3 Å². The van der Waals surface area contributed by atoms with Gasteiger partial charge in [-0.15, -0.1) is 0 Å². The van der Waals surface area contributed by atoms with Crippen LogP contribution in [0.5, 0.6) is 0 Å². The summed E-state index contributed by atoms with van der Waals surface area (Å²) in [6.45, 7) is 4.05. The summed E-state index contributed by atoms with van der Waals surface area (Å²) >= 11 is 0. The van der Waals surface area contributed by atoms with E-state index in [2.05, 4.69) is 19.3 Å². The maximum Gasteiger partial charge on any atom is 0.261 e. The molecule has 0 bridgehead atoms. The minimum absolute atomic E-state index is 0.141. The van der Waals surface area contributed by atoms with Gasteiger partial charge in [0.1, 0.15) is 6.61 Å². The van der Waals surface area contributed by atoms with Gasteiger partial charge < -0.3 is 4.74 Å². The van der Waals surface area contributed by atoms with Crippen LogP contribution in [0.1, 0.15) is 33.1 Å². The smallest absolute Gasteiger partial charge is 0.261 e. The average Bonchev–Trinajstić information content (AvgIpc) is 2.17. The third-order valence-electron chi connectivity index (χ3n) is 2.46. The van der Waals surface area contributed by atoms with Crippen molar-refractivity contribution in [1.82, 2.24) is 5.43 Å². The topological polar surface area (TPSA) is 47.3 Å². The Morgan fingerprint density at radius 3 is 2.47 bits per heavy atom. The highest BCUT2D eigenvalue weighted by molar-refractivity contribution is 4.70. The summed E-state index contributed by atoms with van der Waals surface area (Å²) in [7, 11) is 0. The Hall–Kier alpha value is -0.260. The largest absolute Gasteiger partial charge is 0.375 e. The monoisotopic (exact) mass is 224 g/mol. The molecule has 92 valence electrons. The Morgan fingerprint density at radius 1 is 1.33 bits per heavy atom. The van der Waals surface area contributed by atoms with Crippen LogP contribution >= 0.6 is 0 Å². The van der Waals surface area contributed by atoms with Crippen LogP contribution in [0.15, 0.2) is 0 Å². The van der Waals surface area contributed by atoms with Gasteiger partial charge in [-0.3, -0.25) is 11.3 Å². The molecule has 2 atom stereocenters. The van der Waals surface area contributed by atoms with E-state index in [1.54, 1.807) is 0 Å². The molecule has 2 unspecified atom stereocenters. The molecular formula is C10H22F2N2O. The van der Waals surface area contributed by atoms with Crippen molar-refractivity contribution in [2.24, 2.45) is 11.8 Å². The van der Waals surface area contributed by atoms with Crippen molar-refractivity contribution in [2.45, 2.75) is 45.6 Å². The van der Waals surface area contributed by atoms with E-state index in [-0.39, 0.29) is 6.04 Å². The summed E-state index contributed by atoms with van der Waals surface area (Å²) in [5, 5.41) is 0. The number of alkyl halides is 2. The van der Waals surface area contributed by atoms with Gasteiger partial charge in [0.25, 0.3) is 6.43 Å². The van der Waals surface area contributed by atoms with Crippen molar-refractivity contribution in [2.75, 3.05) is 13.2 Å². The molecule has 0 radical (unpaired) electrons. The predicted octanol–water partition coefficient (Wildman–Crippen LogP) is 1.93. The van der Waals surface area contributed by atoms with Gasteiger partial charge in [0.2, 0.25) is 0 Å². The number of ether oxygens (including phenoxy) is 1. The van der Waals surface area contributed by atoms with Crippen LogP contribution in [0, 0.1) is 5.92 Å². The van der Waals surface area contributed by atoms with Gasteiger partial charge in [-0.1, -0.05) is 20.3 Å². The molecule has 0 aromatic carbocycles. The number of rotatable bonds is 9. The molecule has 0 aliphatic rings. The number of hydrogen-bond donors (Lipinski definition) is 2. The molecule has 0 rings (SSSR count). The minimum Gasteiger partial charge on any atom is -0.375 e. The maximum atomic E-state index is 11.8. The van der Waals surface area contributed by atoms with Crippen LogP contribution in [0.4, 0.5) is 8.78 Å². The molecule has 5 heteroatoms. The summed E-state index contributed by atoms with van der Waals surface area (Å²) in [6.07, 6.45) is 0.452. The SMILES string of the molecule is CCCC(C)C(CCOCC(F)F)NN. The second kappa shape index (κ2) is 9.00. The second-order valence-corrected chi connectivity index (χ2v) is 3.79. The van der Waals surface area contributed by atoms with Gasteiger partial charge in [-0.2, -0.15) is 0 Å². The number of halogens is 2. The van der Waals surface area contributed by atoms with E-state index in [0.29, 0.717) is 18.9 Å². The fourth-order valence-electron chi connectivity index (χ4n) is 1.57. The van der Waals surface area contributed by atoms with Gasteiger partial charge in [-0.25, -0.2) is 8.78 Å². The van der Waals surface area contributed by atoms with Gasteiger partial charge in [0, 0.05) is 12.6 Å². The van der Waals surface area contributed by atoms with Crippen molar-refractivity contribution in [1.29, 1.82) is 0 Å². The standard InChI is InChI=1S/C10H22F2N2O/c1-3-4-8(2)9(14-13)5-6-15-7-10(11)12/h8-10,14H,3-7,13H2,1-2H3. The van der Waals surface area contributed by atoms with Crippen molar-refractivity contribution in [3.05, 3.63) is 0 Å². The second-order valence-electron chi connectivity index (χ2n) is 3.79. The first-order chi connectivity index (χ1) is 7.11. The summed E-state index contributed by atoms with van der Waals surface area (Å²) in [5.74, 6) is 5.83. The minimum atomic E-state index is -2.39. The third kappa shape index (κ3) is 7.64. The summed E-state index contributed by atoms with van der Waals surface area (Å²) in [5.41, 5.74) is 2.71. The Kier molecular flexibility index (Phi) is 8.85. The third-order valence-corrected chi connectivity index (χ3v) is 2.46. The molecular weight excluding hydrogens is 202 g/mol. The van der Waals surface area contributed by atoms with E-state index in [9.17, 15) is 8.78 Å². The highest BCUT2D eigenvalue weighted by Gasteiger charge is 2.14. The summed E-state index contributed by atoms with van der Waals surface area (Å²) in [4.78, 5) is 0. The molecule has 0 aliphatic carbocycles. The number of nitrogens with one attached hydrogen (secondary N) is 1. The number of hydrazine groups is 1. The zero-order chi connectivity index (χ0) is 11.7. The van der Waals surface area contributed by atoms with Crippen molar-refractivity contribution >= 4 is 0 Å². The molecule has 0 aromatic heterocycles. The summed E-state index contributed by atoms with van der Waals surface area (Å²) in [6, 6.07) is 0.141. The average molecular weight is 224 g/mol. The lowest BCUT2D eigenvalue weighted by atomic mass is 9.95. The van der Waals surface area contributed by atoms with E-state index < -0.39 is 13.0 Å². The van der Waals surface area contributed by atoms with E-state index >= 15 is 0 Å². The van der Waals surface area contributed by atoms with Crippen LogP contribution in [0.25, 0.3) is 0 Å². The summed E-state index contributed by atoms with van der Waals surface area (Å²) < 4.78 is 28.3. The van der Waals surface area contributed by atoms with E-state index in [1.807, 2.05) is 0 Å². The molecule has 3 N–H and O–H groups in total. The highest BCUT2D eigenvalue weighted by atomic mass is 19.3. The van der Waals surface area contributed by atoms with Crippen LogP contribution in [-0.4, -0.2) is 25.7 Å². The van der Waals surface area contributed by atoms with Gasteiger partial charge in [-0.05, 0) is 18.8 Å². The molecule has 3 nitrogen and oxygen atoms in total. The first-order valence-electron chi connectivity index (χ1n) is 5.43. The van der Waals surface area contributed by atoms with Crippen LogP contribution in [0.3, 0.4) is 0 Å². The molecule has 0 aromatic rings. The lowest BCUT2D eigenvalue weighted by Gasteiger charge is -2.22. The van der Waals surface area contributed by atoms with Gasteiger partial charge in [0.15, 0.2) is 0 Å².